The number of amides is 2. The highest BCUT2D eigenvalue weighted by Gasteiger charge is 2.22. The lowest BCUT2D eigenvalue weighted by Gasteiger charge is -2.14. The standard InChI is InChI=1S/C22H23FN4O4/c1-3-27-17-11-15(10-14-4-6-16(23)7-5-14)12-26-19(17)20(29)18(22(27)31)21(30)25-9-8-24-13(2)28/h4-7,11-12,29H,3,8-10H2,1-2H3,(H,24,28)(H,25,30). The van der Waals surface area contributed by atoms with E-state index < -0.39 is 22.8 Å². The molecule has 2 amide bonds. The molecule has 3 N–H and O–H groups in total. The Morgan fingerprint density at radius 2 is 1.81 bits per heavy atom. The van der Waals surface area contributed by atoms with Crippen LogP contribution in [0.3, 0.4) is 0 Å². The Bertz CT molecular complexity index is 1190. The predicted octanol–water partition coefficient (Wildman–Crippen LogP) is 1.72. The van der Waals surface area contributed by atoms with Gasteiger partial charge in [-0.2, -0.15) is 0 Å². The van der Waals surface area contributed by atoms with Crippen LogP contribution in [0.1, 0.15) is 35.3 Å². The summed E-state index contributed by atoms with van der Waals surface area (Å²) in [4.78, 5) is 40.6. The first-order chi connectivity index (χ1) is 14.8. The molecule has 1 aromatic carbocycles. The summed E-state index contributed by atoms with van der Waals surface area (Å²) in [5.41, 5.74) is 1.15. The number of nitrogens with zero attached hydrogens (tertiary/aromatic N) is 2. The van der Waals surface area contributed by atoms with Crippen LogP contribution in [0.5, 0.6) is 5.75 Å². The van der Waals surface area contributed by atoms with E-state index in [9.17, 15) is 23.9 Å². The quantitative estimate of drug-likeness (QED) is 0.498. The number of pyridine rings is 2. The second kappa shape index (κ2) is 9.38. The molecule has 9 heteroatoms. The van der Waals surface area contributed by atoms with E-state index in [1.165, 1.54) is 23.6 Å². The van der Waals surface area contributed by atoms with Gasteiger partial charge in [0.05, 0.1) is 5.52 Å². The maximum absolute atomic E-state index is 13.1. The zero-order valence-corrected chi connectivity index (χ0v) is 17.2. The number of aromatic nitrogens is 2. The van der Waals surface area contributed by atoms with Crippen molar-refractivity contribution in [1.82, 2.24) is 20.2 Å². The van der Waals surface area contributed by atoms with E-state index in [0.29, 0.717) is 11.9 Å². The van der Waals surface area contributed by atoms with Crippen molar-refractivity contribution >= 4 is 22.8 Å². The second-order valence-corrected chi connectivity index (χ2v) is 7.03. The number of nitrogens with one attached hydrogen (secondary N) is 2. The van der Waals surface area contributed by atoms with Crippen LogP contribution < -0.4 is 16.2 Å². The first-order valence-corrected chi connectivity index (χ1v) is 9.83. The third kappa shape index (κ3) is 4.88. The molecule has 0 atom stereocenters. The summed E-state index contributed by atoms with van der Waals surface area (Å²) in [6, 6.07) is 7.80. The molecule has 2 aromatic heterocycles. The van der Waals surface area contributed by atoms with Crippen molar-refractivity contribution in [2.75, 3.05) is 13.1 Å². The SMILES string of the molecule is CCn1c(=O)c(C(=O)NCCNC(C)=O)c(O)c2ncc(Cc3ccc(F)cc3)cc21. The van der Waals surface area contributed by atoms with Crippen molar-refractivity contribution in [3.05, 3.63) is 69.4 Å². The van der Waals surface area contributed by atoms with E-state index in [2.05, 4.69) is 15.6 Å². The number of fused-ring (bicyclic) bond motifs is 1. The number of hydrogen-bond donors (Lipinski definition) is 3. The molecule has 0 aliphatic carbocycles. The number of hydrogen-bond acceptors (Lipinski definition) is 5. The Balaban J connectivity index is 1.96. The summed E-state index contributed by atoms with van der Waals surface area (Å²) in [6.45, 7) is 3.67. The van der Waals surface area contributed by atoms with Gasteiger partial charge in [0.15, 0.2) is 5.75 Å². The number of rotatable bonds is 7. The minimum Gasteiger partial charge on any atom is -0.505 e. The molecule has 3 rings (SSSR count). The maximum atomic E-state index is 13.1. The molecular weight excluding hydrogens is 403 g/mol. The molecule has 0 radical (unpaired) electrons. The van der Waals surface area contributed by atoms with Gasteiger partial charge in [0.2, 0.25) is 5.91 Å². The molecule has 0 fully saturated rings. The zero-order chi connectivity index (χ0) is 22.5. The highest BCUT2D eigenvalue weighted by molar-refractivity contribution is 6.01. The normalized spacial score (nSPS) is 10.8. The first-order valence-electron chi connectivity index (χ1n) is 9.83. The number of carbonyl (C=O) groups excluding carboxylic acids is 2. The molecule has 0 spiro atoms. The fourth-order valence-electron chi connectivity index (χ4n) is 3.30. The minimum atomic E-state index is -0.742. The van der Waals surface area contributed by atoms with E-state index in [4.69, 9.17) is 0 Å². The highest BCUT2D eigenvalue weighted by atomic mass is 19.1. The highest BCUT2D eigenvalue weighted by Crippen LogP contribution is 2.26. The Kier molecular flexibility index (Phi) is 6.64. The molecule has 0 unspecified atom stereocenters. The second-order valence-electron chi connectivity index (χ2n) is 7.03. The van der Waals surface area contributed by atoms with Crippen LogP contribution in [0.2, 0.25) is 0 Å². The summed E-state index contributed by atoms with van der Waals surface area (Å²) in [5.74, 6) is -1.80. The topological polar surface area (TPSA) is 113 Å². The molecule has 0 saturated carbocycles. The smallest absolute Gasteiger partial charge is 0.267 e. The van der Waals surface area contributed by atoms with Crippen molar-refractivity contribution in [2.45, 2.75) is 26.8 Å². The average molecular weight is 426 g/mol. The van der Waals surface area contributed by atoms with Crippen molar-refractivity contribution in [1.29, 1.82) is 0 Å². The van der Waals surface area contributed by atoms with E-state index >= 15 is 0 Å². The first kappa shape index (κ1) is 21.9. The molecule has 162 valence electrons. The molecule has 0 saturated heterocycles. The molecule has 0 bridgehead atoms. The Hall–Kier alpha value is -3.75. The summed E-state index contributed by atoms with van der Waals surface area (Å²) >= 11 is 0. The third-order valence-corrected chi connectivity index (χ3v) is 4.78. The molecule has 2 heterocycles. The Morgan fingerprint density at radius 1 is 1.13 bits per heavy atom. The molecule has 0 aliphatic heterocycles. The van der Waals surface area contributed by atoms with Gasteiger partial charge in [-0.3, -0.25) is 19.4 Å². The van der Waals surface area contributed by atoms with Crippen LogP contribution >= 0.6 is 0 Å². The summed E-state index contributed by atoms with van der Waals surface area (Å²) in [7, 11) is 0. The van der Waals surface area contributed by atoms with Crippen LogP contribution in [0.25, 0.3) is 11.0 Å². The van der Waals surface area contributed by atoms with E-state index in [1.54, 1.807) is 31.3 Å². The summed E-state index contributed by atoms with van der Waals surface area (Å²) in [5, 5.41) is 15.7. The third-order valence-electron chi connectivity index (χ3n) is 4.78. The van der Waals surface area contributed by atoms with Crippen LogP contribution in [0.4, 0.5) is 4.39 Å². The zero-order valence-electron chi connectivity index (χ0n) is 17.2. The number of aromatic hydroxyl groups is 1. The van der Waals surface area contributed by atoms with Crippen LogP contribution in [0.15, 0.2) is 41.3 Å². The van der Waals surface area contributed by atoms with Gasteiger partial charge in [0, 0.05) is 32.8 Å². The molecular formula is C22H23FN4O4. The van der Waals surface area contributed by atoms with E-state index in [-0.39, 0.29) is 36.9 Å². The van der Waals surface area contributed by atoms with Gasteiger partial charge in [0.25, 0.3) is 11.5 Å². The van der Waals surface area contributed by atoms with Crippen molar-refractivity contribution in [3.63, 3.8) is 0 Å². The number of carbonyl (C=O) groups is 2. The fourth-order valence-corrected chi connectivity index (χ4v) is 3.30. The molecule has 0 aliphatic rings. The van der Waals surface area contributed by atoms with E-state index in [0.717, 1.165) is 11.1 Å². The lowest BCUT2D eigenvalue weighted by atomic mass is 10.1. The molecule has 31 heavy (non-hydrogen) atoms. The van der Waals surface area contributed by atoms with Crippen LogP contribution in [0, 0.1) is 5.82 Å². The maximum Gasteiger partial charge on any atom is 0.267 e. The van der Waals surface area contributed by atoms with Crippen molar-refractivity contribution in [3.8, 4) is 5.75 Å². The van der Waals surface area contributed by atoms with Crippen LogP contribution in [-0.4, -0.2) is 39.6 Å². The number of aryl methyl sites for hydroxylation is 1. The molecule has 3 aromatic rings. The van der Waals surface area contributed by atoms with Crippen LogP contribution in [-0.2, 0) is 17.8 Å². The summed E-state index contributed by atoms with van der Waals surface area (Å²) in [6.07, 6.45) is 2.02. The van der Waals surface area contributed by atoms with Gasteiger partial charge in [-0.05, 0) is 42.7 Å². The lowest BCUT2D eigenvalue weighted by Crippen LogP contribution is -2.37. The Labute approximate surface area is 177 Å². The number of benzene rings is 1. The fraction of sp³-hybridized carbons (Fsp3) is 0.273. The van der Waals surface area contributed by atoms with Gasteiger partial charge in [-0.25, -0.2) is 4.39 Å². The Morgan fingerprint density at radius 3 is 2.45 bits per heavy atom. The largest absolute Gasteiger partial charge is 0.505 e. The minimum absolute atomic E-state index is 0.103. The number of halogens is 1. The van der Waals surface area contributed by atoms with Gasteiger partial charge in [0.1, 0.15) is 16.9 Å². The predicted molar refractivity (Wildman–Crippen MR) is 114 cm³/mol. The average Bonchev–Trinajstić information content (AvgIpc) is 2.73. The lowest BCUT2D eigenvalue weighted by molar-refractivity contribution is -0.118. The van der Waals surface area contributed by atoms with Crippen molar-refractivity contribution in [2.24, 2.45) is 0 Å². The summed E-state index contributed by atoms with van der Waals surface area (Å²) < 4.78 is 14.5. The van der Waals surface area contributed by atoms with Gasteiger partial charge in [-0.1, -0.05) is 12.1 Å². The van der Waals surface area contributed by atoms with Crippen molar-refractivity contribution < 1.29 is 19.1 Å². The molecule has 8 nitrogen and oxygen atoms in total. The van der Waals surface area contributed by atoms with Gasteiger partial charge >= 0.3 is 0 Å². The van der Waals surface area contributed by atoms with Gasteiger partial charge < -0.3 is 20.3 Å². The van der Waals surface area contributed by atoms with Gasteiger partial charge in [-0.15, -0.1) is 0 Å². The monoisotopic (exact) mass is 426 g/mol. The van der Waals surface area contributed by atoms with E-state index in [1.807, 2.05) is 0 Å².